The standard InChI is InChI=1S/C19H29N3O/c1-18-10-9-16-14(15(18)7-8-17(18)23)6-4-12-3-5-13(21-22-20)11-19(12,16)2/h12-16H,3-11H2,1-2H3/t12-,13+,14+,15+,16+,18+,19+/m1/s1. The van der Waals surface area contributed by atoms with Crippen LogP contribution in [0.15, 0.2) is 5.11 Å². The Labute approximate surface area is 139 Å². The summed E-state index contributed by atoms with van der Waals surface area (Å²) in [7, 11) is 0. The Morgan fingerprint density at radius 2 is 1.87 bits per heavy atom. The van der Waals surface area contributed by atoms with E-state index in [1.165, 1.54) is 25.7 Å². The first-order valence-corrected chi connectivity index (χ1v) is 9.56. The first-order valence-electron chi connectivity index (χ1n) is 9.56. The van der Waals surface area contributed by atoms with Gasteiger partial charge in [-0.3, -0.25) is 4.79 Å². The van der Waals surface area contributed by atoms with Crippen LogP contribution in [0.1, 0.15) is 71.6 Å². The number of hydrogen-bond acceptors (Lipinski definition) is 2. The molecule has 4 fully saturated rings. The molecule has 0 unspecified atom stereocenters. The molecule has 4 aliphatic carbocycles. The highest BCUT2D eigenvalue weighted by Crippen LogP contribution is 2.65. The van der Waals surface area contributed by atoms with Gasteiger partial charge in [-0.2, -0.15) is 0 Å². The van der Waals surface area contributed by atoms with E-state index < -0.39 is 0 Å². The van der Waals surface area contributed by atoms with Gasteiger partial charge >= 0.3 is 0 Å². The zero-order chi connectivity index (χ0) is 16.2. The molecule has 23 heavy (non-hydrogen) atoms. The molecule has 0 aromatic heterocycles. The molecule has 126 valence electrons. The minimum atomic E-state index is -0.0246. The third kappa shape index (κ3) is 2.10. The second kappa shape index (κ2) is 5.24. The lowest BCUT2D eigenvalue weighted by molar-refractivity contribution is -0.139. The average molecular weight is 315 g/mol. The fourth-order valence-corrected chi connectivity index (χ4v) is 7.27. The fraction of sp³-hybridized carbons (Fsp3) is 0.947. The van der Waals surface area contributed by atoms with Crippen LogP contribution in [0.25, 0.3) is 10.4 Å². The predicted octanol–water partition coefficient (Wildman–Crippen LogP) is 5.28. The van der Waals surface area contributed by atoms with Crippen LogP contribution in [-0.2, 0) is 4.79 Å². The van der Waals surface area contributed by atoms with Gasteiger partial charge in [0.15, 0.2) is 0 Å². The minimum Gasteiger partial charge on any atom is -0.299 e. The highest BCUT2D eigenvalue weighted by atomic mass is 16.1. The Kier molecular flexibility index (Phi) is 3.53. The van der Waals surface area contributed by atoms with E-state index in [1.54, 1.807) is 0 Å². The van der Waals surface area contributed by atoms with Crippen LogP contribution in [0.2, 0.25) is 0 Å². The molecule has 0 heterocycles. The molecule has 0 bridgehead atoms. The lowest BCUT2D eigenvalue weighted by Gasteiger charge is -2.60. The Morgan fingerprint density at radius 1 is 1.09 bits per heavy atom. The maximum atomic E-state index is 12.4. The van der Waals surface area contributed by atoms with Crippen LogP contribution in [0.4, 0.5) is 0 Å². The van der Waals surface area contributed by atoms with Crippen LogP contribution in [0.3, 0.4) is 0 Å². The highest BCUT2D eigenvalue weighted by Gasteiger charge is 2.60. The second-order valence-electron chi connectivity index (χ2n) is 9.22. The quantitative estimate of drug-likeness (QED) is 0.369. The van der Waals surface area contributed by atoms with Gasteiger partial charge in [-0.25, -0.2) is 0 Å². The van der Waals surface area contributed by atoms with Crippen molar-refractivity contribution < 1.29 is 4.79 Å². The number of carbonyl (C=O) groups is 1. The summed E-state index contributed by atoms with van der Waals surface area (Å²) in [5, 5.41) is 4.08. The van der Waals surface area contributed by atoms with Crippen molar-refractivity contribution in [2.45, 2.75) is 77.7 Å². The minimum absolute atomic E-state index is 0.0246. The monoisotopic (exact) mass is 315 g/mol. The largest absolute Gasteiger partial charge is 0.299 e. The normalized spacial score (nSPS) is 52.1. The van der Waals surface area contributed by atoms with E-state index in [2.05, 4.69) is 23.9 Å². The molecule has 4 aliphatic rings. The average Bonchev–Trinajstić information content (AvgIpc) is 2.82. The van der Waals surface area contributed by atoms with Gasteiger partial charge in [0, 0.05) is 22.8 Å². The van der Waals surface area contributed by atoms with Crippen molar-refractivity contribution in [2.24, 2.45) is 39.6 Å². The SMILES string of the molecule is C[C@]12C[C@@H](N=[N+]=[N-])CC[C@@H]1CC[C@@H]1[C@@H]2CC[C@]2(C)C(=O)CC[C@@H]12. The van der Waals surface area contributed by atoms with Crippen molar-refractivity contribution in [1.29, 1.82) is 0 Å². The summed E-state index contributed by atoms with van der Waals surface area (Å²) in [4.78, 5) is 15.5. The molecule has 0 radical (unpaired) electrons. The maximum Gasteiger partial charge on any atom is 0.139 e. The van der Waals surface area contributed by atoms with Gasteiger partial charge in [0.2, 0.25) is 0 Å². The molecule has 4 nitrogen and oxygen atoms in total. The van der Waals surface area contributed by atoms with Crippen molar-refractivity contribution in [3.63, 3.8) is 0 Å². The zero-order valence-corrected chi connectivity index (χ0v) is 14.5. The molecule has 0 aromatic rings. The van der Waals surface area contributed by atoms with Crippen LogP contribution in [0.5, 0.6) is 0 Å². The number of Topliss-reactive ketones (excluding diaryl/α,β-unsaturated/α-hetero) is 1. The Bertz CT molecular complexity index is 569. The van der Waals surface area contributed by atoms with E-state index in [1.807, 2.05) is 0 Å². The third-order valence-electron chi connectivity index (χ3n) is 8.51. The highest BCUT2D eigenvalue weighted by molar-refractivity contribution is 5.87. The molecular weight excluding hydrogens is 286 g/mol. The number of fused-ring (bicyclic) bond motifs is 5. The Hall–Kier alpha value is -1.02. The summed E-state index contributed by atoms with van der Waals surface area (Å²) in [5.74, 6) is 3.42. The molecule has 0 aromatic carbocycles. The van der Waals surface area contributed by atoms with E-state index in [0.29, 0.717) is 17.1 Å². The summed E-state index contributed by atoms with van der Waals surface area (Å²) in [6, 6.07) is 0.193. The van der Waals surface area contributed by atoms with Crippen LogP contribution < -0.4 is 0 Å². The third-order valence-corrected chi connectivity index (χ3v) is 8.51. The van der Waals surface area contributed by atoms with Crippen molar-refractivity contribution >= 4 is 5.78 Å². The first-order chi connectivity index (χ1) is 11.0. The van der Waals surface area contributed by atoms with Crippen molar-refractivity contribution in [1.82, 2.24) is 0 Å². The smallest absolute Gasteiger partial charge is 0.139 e. The Morgan fingerprint density at radius 3 is 2.65 bits per heavy atom. The topological polar surface area (TPSA) is 65.8 Å². The van der Waals surface area contributed by atoms with E-state index in [4.69, 9.17) is 5.53 Å². The van der Waals surface area contributed by atoms with E-state index in [9.17, 15) is 4.79 Å². The summed E-state index contributed by atoms with van der Waals surface area (Å²) in [6.07, 6.45) is 10.2. The van der Waals surface area contributed by atoms with E-state index in [0.717, 1.165) is 49.9 Å². The van der Waals surface area contributed by atoms with Gasteiger partial charge in [-0.1, -0.05) is 19.0 Å². The number of carbonyl (C=O) groups excluding carboxylic acids is 1. The molecule has 4 rings (SSSR count). The molecule has 4 heteroatoms. The van der Waals surface area contributed by atoms with Crippen molar-refractivity contribution in [3.8, 4) is 0 Å². The van der Waals surface area contributed by atoms with Crippen molar-refractivity contribution in [2.75, 3.05) is 0 Å². The van der Waals surface area contributed by atoms with Gasteiger partial charge in [0.25, 0.3) is 0 Å². The summed E-state index contributed by atoms with van der Waals surface area (Å²) in [5.41, 5.74) is 9.14. The molecule has 0 aliphatic heterocycles. The zero-order valence-electron chi connectivity index (χ0n) is 14.5. The number of azide groups is 1. The lowest BCUT2D eigenvalue weighted by Crippen LogP contribution is -2.54. The van der Waals surface area contributed by atoms with E-state index in [-0.39, 0.29) is 11.5 Å². The molecule has 0 N–H and O–H groups in total. The molecule has 0 spiro atoms. The molecule has 0 amide bonds. The number of rotatable bonds is 1. The maximum absolute atomic E-state index is 12.4. The molecule has 7 atom stereocenters. The second-order valence-corrected chi connectivity index (χ2v) is 9.22. The molecule has 0 saturated heterocycles. The molecular formula is C19H29N3O. The van der Waals surface area contributed by atoms with Gasteiger partial charge < -0.3 is 0 Å². The van der Waals surface area contributed by atoms with Gasteiger partial charge in [-0.05, 0) is 86.0 Å². The van der Waals surface area contributed by atoms with Gasteiger partial charge in [-0.15, -0.1) is 0 Å². The predicted molar refractivity (Wildman–Crippen MR) is 89.7 cm³/mol. The summed E-state index contributed by atoms with van der Waals surface area (Å²) < 4.78 is 0. The fourth-order valence-electron chi connectivity index (χ4n) is 7.27. The van der Waals surface area contributed by atoms with Crippen LogP contribution >= 0.6 is 0 Å². The first kappa shape index (κ1) is 15.5. The lowest BCUT2D eigenvalue weighted by atomic mass is 9.45. The van der Waals surface area contributed by atoms with Crippen LogP contribution in [0, 0.1) is 34.5 Å². The molecule has 4 saturated carbocycles. The van der Waals surface area contributed by atoms with Crippen LogP contribution in [-0.4, -0.2) is 11.8 Å². The van der Waals surface area contributed by atoms with Crippen molar-refractivity contribution in [3.05, 3.63) is 10.4 Å². The Balaban J connectivity index is 1.64. The number of nitrogens with zero attached hydrogens (tertiary/aromatic N) is 3. The summed E-state index contributed by atoms with van der Waals surface area (Å²) in [6.45, 7) is 4.73. The number of ketones is 1. The van der Waals surface area contributed by atoms with Gasteiger partial charge in [0.05, 0.1) is 0 Å². The van der Waals surface area contributed by atoms with Gasteiger partial charge in [0.1, 0.15) is 5.78 Å². The summed E-state index contributed by atoms with van der Waals surface area (Å²) >= 11 is 0. The van der Waals surface area contributed by atoms with E-state index >= 15 is 0 Å². The number of hydrogen-bond donors (Lipinski definition) is 0.